The van der Waals surface area contributed by atoms with Gasteiger partial charge in [0.05, 0.1) is 92.1 Å². The lowest BCUT2D eigenvalue weighted by Crippen LogP contribution is -2.48. The first-order valence-corrected chi connectivity index (χ1v) is 38.8. The van der Waals surface area contributed by atoms with Crippen molar-refractivity contribution in [2.24, 2.45) is 71.0 Å². The lowest BCUT2D eigenvalue weighted by Gasteiger charge is -2.29. The molecule has 0 aromatic heterocycles. The first-order valence-electron chi connectivity index (χ1n) is 36.9. The van der Waals surface area contributed by atoms with Crippen LogP contribution < -0.4 is 0 Å². The predicted octanol–water partition coefficient (Wildman–Crippen LogP) is -2.05. The Kier molecular flexibility index (Phi) is 27.1. The molecule has 13 saturated heterocycles. The van der Waals surface area contributed by atoms with Gasteiger partial charge >= 0.3 is 119 Å². The van der Waals surface area contributed by atoms with E-state index >= 15 is 0 Å². The normalized spacial score (nSPS) is 35.3. The highest BCUT2D eigenvalue weighted by atomic mass is 32.2. The second-order valence-electron chi connectivity index (χ2n) is 29.8. The van der Waals surface area contributed by atoms with Crippen molar-refractivity contribution in [1.29, 1.82) is 0 Å². The van der Waals surface area contributed by atoms with Gasteiger partial charge in [-0.25, -0.2) is 47.9 Å². The third-order valence-electron chi connectivity index (χ3n) is 22.2. The Bertz CT molecular complexity index is 3760. The Morgan fingerprint density at radius 2 is 0.550 bits per heavy atom. The van der Waals surface area contributed by atoms with Crippen molar-refractivity contribution < 1.29 is 200 Å². The van der Waals surface area contributed by atoms with Gasteiger partial charge in [-0.15, -0.1) is 23.5 Å². The Morgan fingerprint density at radius 1 is 0.292 bits per heavy atom. The Balaban J connectivity index is 0.000000147. The van der Waals surface area contributed by atoms with Gasteiger partial charge in [-0.1, -0.05) is 32.9 Å². The summed E-state index contributed by atoms with van der Waals surface area (Å²) in [7, 11) is 6.14. The van der Waals surface area contributed by atoms with E-state index < -0.39 is 308 Å². The zero-order valence-electron chi connectivity index (χ0n) is 65.6. The quantitative estimate of drug-likeness (QED) is 0.0539. The number of fused-ring (bicyclic) bond motifs is 5. The molecule has 2 saturated carbocycles. The van der Waals surface area contributed by atoms with Crippen molar-refractivity contribution in [3.05, 3.63) is 60.8 Å². The van der Waals surface area contributed by atoms with Gasteiger partial charge in [0, 0.05) is 39.7 Å². The number of methoxy groups -OCH3 is 5. The summed E-state index contributed by atoms with van der Waals surface area (Å²) in [5.74, 6) is -20.3. The summed E-state index contributed by atoms with van der Waals surface area (Å²) in [6, 6.07) is 0. The van der Waals surface area contributed by atoms with Crippen LogP contribution in [0.1, 0.15) is 41.0 Å². The molecule has 650 valence electrons. The molecule has 0 radical (unpaired) electrons. The van der Waals surface area contributed by atoms with E-state index in [1.165, 1.54) is 93.7 Å². The molecule has 15 rings (SSSR count). The van der Waals surface area contributed by atoms with E-state index in [2.05, 4.69) is 32.9 Å². The topological polar surface area (TPSA) is 544 Å². The molecule has 120 heavy (non-hydrogen) atoms. The van der Waals surface area contributed by atoms with E-state index in [1.807, 2.05) is 0 Å². The Morgan fingerprint density at radius 3 is 0.858 bits per heavy atom. The number of carbonyl (C=O) groups excluding carboxylic acids is 20. The minimum absolute atomic E-state index is 0.143. The first kappa shape index (κ1) is 89.5. The number of esters is 20. The third-order valence-corrected chi connectivity index (χ3v) is 25.7. The van der Waals surface area contributed by atoms with Crippen LogP contribution in [0.5, 0.6) is 0 Å². The van der Waals surface area contributed by atoms with E-state index in [1.54, 1.807) is 0 Å². The maximum absolute atomic E-state index is 12.0. The molecule has 10 bridgehead atoms. The summed E-state index contributed by atoms with van der Waals surface area (Å²) in [6.45, 7) is 21.3. The molecule has 0 amide bonds. The van der Waals surface area contributed by atoms with E-state index in [0.717, 1.165) is 0 Å². The molecule has 42 nitrogen and oxygen atoms in total. The maximum atomic E-state index is 12.0. The molecule has 2 aliphatic carbocycles. The number of hydrogen-bond donors (Lipinski definition) is 0. The van der Waals surface area contributed by atoms with Crippen molar-refractivity contribution in [2.75, 3.05) is 68.6 Å². The number of rotatable bonds is 25. The molecule has 0 spiro atoms. The van der Waals surface area contributed by atoms with Gasteiger partial charge in [-0.2, -0.15) is 0 Å². The third kappa shape index (κ3) is 17.2. The standard InChI is InChI=1S/C16H18O8.2C15H16O9.2C15H16O8S/c1-6(2)14(18)22-5-9(17)23-12-7-4-8-11(10(7)15(19)21-3)16(20)24-13(8)12;2*1-5(2)13(17)21-4-6(16)22-11-9-7(14(18)20-3)8-10(23-9)12(11)24-15(8)19;2*1-5(2)13(17)21-4-6(16)22-9-10-12-8(15(19)23-10)7(11(9)24-12)14(18)20-3/h7-8,10-13H,1,4-5H2,2-3H3;4*7-12H,1,4H2,2-3H3. The van der Waals surface area contributed by atoms with Gasteiger partial charge in [0.15, 0.2) is 81.9 Å². The van der Waals surface area contributed by atoms with Crippen LogP contribution in [0.3, 0.4) is 0 Å². The van der Waals surface area contributed by atoms with Crippen molar-refractivity contribution in [1.82, 2.24) is 0 Å². The second kappa shape index (κ2) is 36.3. The van der Waals surface area contributed by atoms with Gasteiger partial charge in [0.1, 0.15) is 60.3 Å². The van der Waals surface area contributed by atoms with Crippen LogP contribution in [-0.4, -0.2) is 294 Å². The number of carbonyl (C=O) groups is 20. The van der Waals surface area contributed by atoms with Gasteiger partial charge in [-0.3, -0.25) is 47.9 Å². The molecular weight excluding hydrogens is 1650 g/mol. The van der Waals surface area contributed by atoms with Crippen LogP contribution in [0.2, 0.25) is 0 Å². The summed E-state index contributed by atoms with van der Waals surface area (Å²) < 4.78 is 111. The SMILES string of the molecule is C=C(C)C(=O)OCC(=O)OC1C2CC3C1OC(=O)C3C2C(=O)OC.C=C(C)C(=O)OCC(=O)OC1C2OC(=O)C3C2OC1C3C(=O)OC.C=C(C)C(=O)OCC(=O)OC1C2OC(=O)C3C2OC1C3C(=O)OC.C=C(C)C(=O)OCC(=O)OC1C2OC(=O)C3C2SC1C3C(=O)OC.C=C(C)C(=O)OCC(=O)OC1C2OC(=O)C3C2SC1C3C(=O)OC. The molecule has 30 unspecified atom stereocenters. The molecule has 44 heteroatoms. The van der Waals surface area contributed by atoms with Gasteiger partial charge in [0.25, 0.3) is 0 Å². The maximum Gasteiger partial charge on any atom is 0.344 e. The van der Waals surface area contributed by atoms with E-state index in [4.69, 9.17) is 104 Å². The number of ether oxygens (including phenoxy) is 22. The summed E-state index contributed by atoms with van der Waals surface area (Å²) >= 11 is 2.80. The van der Waals surface area contributed by atoms with Crippen LogP contribution >= 0.6 is 23.5 Å². The van der Waals surface area contributed by atoms with Gasteiger partial charge in [-0.05, 0) is 41.0 Å². The number of thioether (sulfide) groups is 2. The molecule has 0 aromatic rings. The number of hydrogen-bond acceptors (Lipinski definition) is 44. The predicted molar refractivity (Wildman–Crippen MR) is 382 cm³/mol. The van der Waals surface area contributed by atoms with Crippen LogP contribution in [0.4, 0.5) is 0 Å². The van der Waals surface area contributed by atoms with Crippen LogP contribution in [0.15, 0.2) is 60.8 Å². The highest BCUT2D eigenvalue weighted by Gasteiger charge is 2.76. The molecule has 13 heterocycles. The average molecular weight is 1730 g/mol. The van der Waals surface area contributed by atoms with Gasteiger partial charge in [0.2, 0.25) is 0 Å². The van der Waals surface area contributed by atoms with Crippen LogP contribution in [-0.2, 0) is 200 Å². The summed E-state index contributed by atoms with van der Waals surface area (Å²) in [6.07, 6.45) is -9.79. The fourth-order valence-corrected chi connectivity index (χ4v) is 21.3. The smallest absolute Gasteiger partial charge is 0.344 e. The molecule has 0 N–H and O–H groups in total. The van der Waals surface area contributed by atoms with Gasteiger partial charge < -0.3 is 104 Å². The van der Waals surface area contributed by atoms with E-state index in [9.17, 15) is 95.9 Å². The fraction of sp³-hybridized carbons (Fsp3) is 0.605. The summed E-state index contributed by atoms with van der Waals surface area (Å²) in [4.78, 5) is 236. The van der Waals surface area contributed by atoms with Crippen molar-refractivity contribution in [2.45, 2.75) is 147 Å². The molecule has 30 atom stereocenters. The second-order valence-corrected chi connectivity index (χ2v) is 32.5. The van der Waals surface area contributed by atoms with Crippen molar-refractivity contribution in [3.63, 3.8) is 0 Å². The lowest BCUT2D eigenvalue weighted by atomic mass is 9.78. The summed E-state index contributed by atoms with van der Waals surface area (Å²) in [5, 5.41) is -1.29. The van der Waals surface area contributed by atoms with Crippen LogP contribution in [0.25, 0.3) is 0 Å². The molecule has 15 aliphatic rings. The van der Waals surface area contributed by atoms with Crippen molar-refractivity contribution >= 4 is 143 Å². The first-order chi connectivity index (χ1) is 56.7. The largest absolute Gasteiger partial charge is 0.469 e. The summed E-state index contributed by atoms with van der Waals surface area (Å²) in [5.41, 5.74) is 0.781. The Hall–Kier alpha value is -11.3. The monoisotopic (exact) mass is 1730 g/mol. The van der Waals surface area contributed by atoms with Crippen molar-refractivity contribution in [3.8, 4) is 0 Å². The highest BCUT2D eigenvalue weighted by molar-refractivity contribution is 8.01. The zero-order chi connectivity index (χ0) is 88.0. The highest BCUT2D eigenvalue weighted by Crippen LogP contribution is 2.62. The molecule has 0 aromatic carbocycles. The lowest BCUT2D eigenvalue weighted by molar-refractivity contribution is -0.171. The van der Waals surface area contributed by atoms with Crippen LogP contribution in [0, 0.1) is 71.0 Å². The zero-order valence-corrected chi connectivity index (χ0v) is 67.2. The minimum atomic E-state index is -0.946. The minimum Gasteiger partial charge on any atom is -0.469 e. The molecular formula is C76H82O42S2. The average Bonchev–Trinajstić information content (AvgIpc) is 1.58. The van der Waals surface area contributed by atoms with E-state index in [-0.39, 0.29) is 50.2 Å². The molecule has 13 aliphatic heterocycles. The van der Waals surface area contributed by atoms with E-state index in [0.29, 0.717) is 6.42 Å². The molecule has 15 fully saturated rings. The Labute approximate surface area is 688 Å². The fourth-order valence-electron chi connectivity index (χ4n) is 17.3.